The maximum atomic E-state index is 12.9. The summed E-state index contributed by atoms with van der Waals surface area (Å²) in [4.78, 5) is 0. The van der Waals surface area contributed by atoms with Crippen molar-refractivity contribution >= 4 is 11.6 Å². The lowest BCUT2D eigenvalue weighted by atomic mass is 10.2. The van der Waals surface area contributed by atoms with Crippen LogP contribution in [0.4, 0.5) is 4.39 Å². The molecule has 0 unspecified atom stereocenters. The van der Waals surface area contributed by atoms with Crippen LogP contribution in [-0.2, 0) is 0 Å². The van der Waals surface area contributed by atoms with Gasteiger partial charge in [0.2, 0.25) is 0 Å². The second-order valence-electron chi connectivity index (χ2n) is 3.37. The first-order chi connectivity index (χ1) is 8.06. The van der Waals surface area contributed by atoms with Crippen LogP contribution in [0.5, 0.6) is 17.4 Å². The zero-order chi connectivity index (χ0) is 12.4. The van der Waals surface area contributed by atoms with E-state index in [-0.39, 0.29) is 22.6 Å². The normalized spacial score (nSPS) is 10.3. The zero-order valence-electron chi connectivity index (χ0n) is 8.82. The van der Waals surface area contributed by atoms with Gasteiger partial charge in [0.15, 0.2) is 10.9 Å². The monoisotopic (exact) mass is 254 g/mol. The van der Waals surface area contributed by atoms with E-state index in [1.54, 1.807) is 6.92 Å². The number of aryl methyl sites for hydroxylation is 1. The lowest BCUT2D eigenvalue weighted by Crippen LogP contribution is -1.93. The van der Waals surface area contributed by atoms with Crippen LogP contribution in [0.15, 0.2) is 24.3 Å². The van der Waals surface area contributed by atoms with Crippen molar-refractivity contribution in [2.24, 2.45) is 0 Å². The number of aromatic hydroxyl groups is 1. The van der Waals surface area contributed by atoms with E-state index < -0.39 is 0 Å². The molecule has 1 N–H and O–H groups in total. The minimum absolute atomic E-state index is 0.0608. The highest BCUT2D eigenvalue weighted by Crippen LogP contribution is 2.30. The van der Waals surface area contributed by atoms with Gasteiger partial charge in [0.05, 0.1) is 0 Å². The van der Waals surface area contributed by atoms with Crippen molar-refractivity contribution in [2.75, 3.05) is 0 Å². The van der Waals surface area contributed by atoms with Crippen LogP contribution in [0.2, 0.25) is 5.15 Å². The van der Waals surface area contributed by atoms with E-state index in [0.29, 0.717) is 11.3 Å². The second-order valence-corrected chi connectivity index (χ2v) is 3.76. The molecule has 0 saturated heterocycles. The summed E-state index contributed by atoms with van der Waals surface area (Å²) in [5, 5.41) is 16.7. The second kappa shape index (κ2) is 4.55. The molecule has 2 aromatic rings. The smallest absolute Gasteiger partial charge is 0.281 e. The molecule has 0 radical (unpaired) electrons. The van der Waals surface area contributed by atoms with Crippen molar-refractivity contribution in [3.05, 3.63) is 40.8 Å². The summed E-state index contributed by atoms with van der Waals surface area (Å²) >= 11 is 5.53. The lowest BCUT2D eigenvalue weighted by molar-refractivity contribution is 0.390. The molecule has 0 aliphatic rings. The number of nitrogens with zero attached hydrogens (tertiary/aromatic N) is 2. The molecule has 0 aliphatic heterocycles. The summed E-state index contributed by atoms with van der Waals surface area (Å²) in [5.41, 5.74) is 0.584. The highest BCUT2D eigenvalue weighted by atomic mass is 35.5. The lowest BCUT2D eigenvalue weighted by Gasteiger charge is -2.08. The van der Waals surface area contributed by atoms with Crippen LogP contribution in [0, 0.1) is 12.7 Å². The van der Waals surface area contributed by atoms with Gasteiger partial charge in [-0.25, -0.2) is 4.39 Å². The molecular formula is C11H8ClFN2O2. The van der Waals surface area contributed by atoms with Gasteiger partial charge in [-0.3, -0.25) is 0 Å². The SMILES string of the molecule is Cc1cc(F)ccc1Oc1nnc(Cl)cc1O. The standard InChI is InChI=1S/C11H8ClFN2O2/c1-6-4-7(13)2-3-9(6)17-11-8(16)5-10(12)14-15-11/h2-5H,1H3,(H,14,16). The Morgan fingerprint density at radius 3 is 2.71 bits per heavy atom. The quantitative estimate of drug-likeness (QED) is 0.895. The minimum atomic E-state index is -0.360. The average molecular weight is 255 g/mol. The van der Waals surface area contributed by atoms with E-state index in [0.717, 1.165) is 0 Å². The van der Waals surface area contributed by atoms with E-state index in [1.807, 2.05) is 0 Å². The van der Waals surface area contributed by atoms with Gasteiger partial charge in [-0.05, 0) is 30.7 Å². The maximum Gasteiger partial charge on any atom is 0.281 e. The molecule has 1 heterocycles. The number of rotatable bonds is 2. The van der Waals surface area contributed by atoms with E-state index >= 15 is 0 Å². The number of ether oxygens (including phenoxy) is 1. The minimum Gasteiger partial charge on any atom is -0.503 e. The first-order valence-electron chi connectivity index (χ1n) is 4.72. The first kappa shape index (κ1) is 11.6. The molecule has 4 nitrogen and oxygen atoms in total. The van der Waals surface area contributed by atoms with Gasteiger partial charge < -0.3 is 9.84 Å². The van der Waals surface area contributed by atoms with Gasteiger partial charge in [0, 0.05) is 6.07 Å². The largest absolute Gasteiger partial charge is 0.503 e. The summed E-state index contributed by atoms with van der Waals surface area (Å²) in [7, 11) is 0. The first-order valence-corrected chi connectivity index (χ1v) is 5.10. The summed E-state index contributed by atoms with van der Waals surface area (Å²) < 4.78 is 18.2. The number of halogens is 2. The topological polar surface area (TPSA) is 55.2 Å². The Balaban J connectivity index is 2.31. The molecule has 88 valence electrons. The van der Waals surface area contributed by atoms with Gasteiger partial charge in [0.25, 0.3) is 5.88 Å². The third-order valence-electron chi connectivity index (χ3n) is 2.05. The predicted molar refractivity (Wildman–Crippen MR) is 59.9 cm³/mol. The highest BCUT2D eigenvalue weighted by molar-refractivity contribution is 6.29. The van der Waals surface area contributed by atoms with Gasteiger partial charge in [0.1, 0.15) is 11.6 Å². The highest BCUT2D eigenvalue weighted by Gasteiger charge is 2.09. The van der Waals surface area contributed by atoms with Crippen molar-refractivity contribution in [1.82, 2.24) is 10.2 Å². The van der Waals surface area contributed by atoms with E-state index in [1.165, 1.54) is 24.3 Å². The molecule has 0 aliphatic carbocycles. The van der Waals surface area contributed by atoms with Crippen LogP contribution in [-0.4, -0.2) is 15.3 Å². The predicted octanol–water partition coefficient (Wildman–Crippen LogP) is 3.08. The summed E-state index contributed by atoms with van der Waals surface area (Å²) in [6.07, 6.45) is 0. The van der Waals surface area contributed by atoms with Gasteiger partial charge in [-0.1, -0.05) is 11.6 Å². The third kappa shape index (κ3) is 2.62. The van der Waals surface area contributed by atoms with Gasteiger partial charge in [-0.2, -0.15) is 0 Å². The summed E-state index contributed by atoms with van der Waals surface area (Å²) in [6, 6.07) is 5.22. The van der Waals surface area contributed by atoms with Crippen molar-refractivity contribution < 1.29 is 14.2 Å². The molecule has 0 fully saturated rings. The third-order valence-corrected chi connectivity index (χ3v) is 2.24. The Labute approximate surface area is 102 Å². The zero-order valence-corrected chi connectivity index (χ0v) is 9.57. The van der Waals surface area contributed by atoms with Gasteiger partial charge >= 0.3 is 0 Å². The van der Waals surface area contributed by atoms with Crippen LogP contribution >= 0.6 is 11.6 Å². The van der Waals surface area contributed by atoms with Crippen molar-refractivity contribution in [1.29, 1.82) is 0 Å². The summed E-state index contributed by atoms with van der Waals surface area (Å²) in [6.45, 7) is 1.68. The Kier molecular flexibility index (Phi) is 3.10. The van der Waals surface area contributed by atoms with Crippen LogP contribution in [0.3, 0.4) is 0 Å². The fraction of sp³-hybridized carbons (Fsp3) is 0.0909. The molecular weight excluding hydrogens is 247 g/mol. The molecule has 0 saturated carbocycles. The number of hydrogen-bond acceptors (Lipinski definition) is 4. The fourth-order valence-corrected chi connectivity index (χ4v) is 1.39. The van der Waals surface area contributed by atoms with Crippen LogP contribution in [0.25, 0.3) is 0 Å². The molecule has 0 spiro atoms. The van der Waals surface area contributed by atoms with E-state index in [9.17, 15) is 9.50 Å². The molecule has 0 amide bonds. The van der Waals surface area contributed by atoms with E-state index in [4.69, 9.17) is 16.3 Å². The number of benzene rings is 1. The van der Waals surface area contributed by atoms with Crippen molar-refractivity contribution in [2.45, 2.75) is 6.92 Å². The summed E-state index contributed by atoms with van der Waals surface area (Å²) in [5.74, 6) is -0.280. The number of hydrogen-bond donors (Lipinski definition) is 1. The van der Waals surface area contributed by atoms with Crippen LogP contribution in [0.1, 0.15) is 5.56 Å². The fourth-order valence-electron chi connectivity index (χ4n) is 1.25. The number of aromatic nitrogens is 2. The van der Waals surface area contributed by atoms with E-state index in [2.05, 4.69) is 10.2 Å². The van der Waals surface area contributed by atoms with Gasteiger partial charge in [-0.15, -0.1) is 10.2 Å². The molecule has 1 aromatic carbocycles. The molecule has 6 heteroatoms. The van der Waals surface area contributed by atoms with Crippen molar-refractivity contribution in [3.8, 4) is 17.4 Å². The maximum absolute atomic E-state index is 12.9. The Hall–Kier alpha value is -1.88. The molecule has 17 heavy (non-hydrogen) atoms. The molecule has 2 rings (SSSR count). The molecule has 0 bridgehead atoms. The molecule has 1 aromatic heterocycles. The Bertz CT molecular complexity index is 514. The Morgan fingerprint density at radius 2 is 2.06 bits per heavy atom. The molecule has 0 atom stereocenters. The van der Waals surface area contributed by atoms with Crippen molar-refractivity contribution in [3.63, 3.8) is 0 Å². The Morgan fingerprint density at radius 1 is 1.29 bits per heavy atom. The average Bonchev–Trinajstić information content (AvgIpc) is 2.25. The van der Waals surface area contributed by atoms with Crippen LogP contribution < -0.4 is 4.74 Å².